The van der Waals surface area contributed by atoms with Crippen LogP contribution in [0.15, 0.2) is 23.3 Å². The molecule has 0 aliphatic heterocycles. The third kappa shape index (κ3) is 3.53. The molecule has 108 valence electrons. The fourth-order valence-electron chi connectivity index (χ4n) is 1.65. The Bertz CT molecular complexity index is 744. The lowest BCUT2D eigenvalue weighted by molar-refractivity contribution is 0.373. The molecule has 20 heavy (non-hydrogen) atoms. The predicted molar refractivity (Wildman–Crippen MR) is 73.2 cm³/mol. The smallest absolute Gasteiger partial charge is 0.325 e. The lowest BCUT2D eigenvalue weighted by Crippen LogP contribution is -2.12. The van der Waals surface area contributed by atoms with Crippen LogP contribution in [0, 0.1) is 0 Å². The number of imidazole rings is 1. The number of hydrogen-bond donors (Lipinski definition) is 4. The van der Waals surface area contributed by atoms with Crippen molar-refractivity contribution >= 4 is 24.7 Å². The van der Waals surface area contributed by atoms with E-state index in [9.17, 15) is 9.36 Å². The molecule has 5 N–H and O–H groups in total. The van der Waals surface area contributed by atoms with Gasteiger partial charge in [0.15, 0.2) is 11.2 Å². The van der Waals surface area contributed by atoms with E-state index in [0.717, 1.165) is 0 Å². The second-order valence-electron chi connectivity index (χ2n) is 4.17. The van der Waals surface area contributed by atoms with Crippen molar-refractivity contribution in [3.05, 3.63) is 28.8 Å². The number of hydrogen-bond acceptors (Lipinski definition) is 5. The highest BCUT2D eigenvalue weighted by Crippen LogP contribution is 2.34. The van der Waals surface area contributed by atoms with Gasteiger partial charge < -0.3 is 20.1 Å². The third-order valence-electron chi connectivity index (χ3n) is 2.55. The molecule has 0 radical (unpaired) electrons. The molecule has 2 aromatic rings. The highest BCUT2D eigenvalue weighted by atomic mass is 31.2. The van der Waals surface area contributed by atoms with E-state index in [0.29, 0.717) is 12.2 Å². The molecular formula is C10H14N5O4P. The van der Waals surface area contributed by atoms with Gasteiger partial charge in [0.1, 0.15) is 0 Å². The average Bonchev–Trinajstić information content (AvgIpc) is 2.70. The number of nitrogens with one attached hydrogen (secondary N) is 1. The maximum atomic E-state index is 11.5. The molecule has 0 atom stereocenters. The zero-order chi connectivity index (χ0) is 14.8. The summed E-state index contributed by atoms with van der Waals surface area (Å²) in [5.74, 6) is 0.00901. The first kappa shape index (κ1) is 14.4. The van der Waals surface area contributed by atoms with Gasteiger partial charge in [-0.25, -0.2) is 4.98 Å². The van der Waals surface area contributed by atoms with E-state index in [2.05, 4.69) is 15.0 Å². The lowest BCUT2D eigenvalue weighted by atomic mass is 10.4. The molecule has 0 unspecified atom stereocenters. The highest BCUT2D eigenvalue weighted by molar-refractivity contribution is 7.51. The van der Waals surface area contributed by atoms with Gasteiger partial charge in [-0.3, -0.25) is 14.3 Å². The summed E-state index contributed by atoms with van der Waals surface area (Å²) in [6.07, 6.45) is 4.91. The Balaban J connectivity index is 2.09. The standard InChI is InChI=1S/C10H14N5O4P/c11-10-13-8-7(9(16)14-10)12-6-15(8)4-2-1-3-5-20(17,18)19/h1-2,6H,3-5H2,(H2,17,18,19)(H3,11,13,14,16). The topological polar surface area (TPSA) is 147 Å². The first-order valence-electron chi connectivity index (χ1n) is 5.77. The summed E-state index contributed by atoms with van der Waals surface area (Å²) in [7, 11) is -3.96. The van der Waals surface area contributed by atoms with Crippen molar-refractivity contribution in [2.75, 3.05) is 11.9 Å². The summed E-state index contributed by atoms with van der Waals surface area (Å²) >= 11 is 0. The summed E-state index contributed by atoms with van der Waals surface area (Å²) in [5, 5.41) is 0. The minimum Gasteiger partial charge on any atom is -0.369 e. The molecule has 2 rings (SSSR count). The van der Waals surface area contributed by atoms with Crippen LogP contribution in [0.2, 0.25) is 0 Å². The van der Waals surface area contributed by atoms with Gasteiger partial charge in [0, 0.05) is 6.54 Å². The van der Waals surface area contributed by atoms with Gasteiger partial charge >= 0.3 is 7.60 Å². The van der Waals surface area contributed by atoms with E-state index in [1.807, 2.05) is 0 Å². The zero-order valence-corrected chi connectivity index (χ0v) is 11.3. The number of fused-ring (bicyclic) bond motifs is 1. The van der Waals surface area contributed by atoms with E-state index >= 15 is 0 Å². The number of rotatable bonds is 5. The number of anilines is 1. The van der Waals surface area contributed by atoms with Crippen LogP contribution in [-0.4, -0.2) is 35.5 Å². The van der Waals surface area contributed by atoms with Crippen molar-refractivity contribution in [3.8, 4) is 0 Å². The van der Waals surface area contributed by atoms with E-state index in [1.165, 1.54) is 6.33 Å². The van der Waals surface area contributed by atoms with Gasteiger partial charge in [0.05, 0.1) is 12.5 Å². The Morgan fingerprint density at radius 1 is 1.45 bits per heavy atom. The van der Waals surface area contributed by atoms with Crippen molar-refractivity contribution in [1.82, 2.24) is 19.5 Å². The molecule has 0 aliphatic rings. The Labute approximate surface area is 113 Å². The minimum atomic E-state index is -3.96. The number of aromatic amines is 1. The summed E-state index contributed by atoms with van der Waals surface area (Å²) in [4.78, 5) is 39.2. The van der Waals surface area contributed by atoms with E-state index in [1.54, 1.807) is 16.7 Å². The molecule has 0 aromatic carbocycles. The number of nitrogens with two attached hydrogens (primary N) is 1. The SMILES string of the molecule is Nc1nc2c(ncn2CC=CCCP(=O)(O)O)c(=O)[nH]1. The number of H-pyrrole nitrogens is 1. The first-order chi connectivity index (χ1) is 9.37. The molecule has 9 nitrogen and oxygen atoms in total. The maximum Gasteiger partial charge on any atom is 0.325 e. The molecule has 0 aliphatic carbocycles. The van der Waals surface area contributed by atoms with Gasteiger partial charge in [-0.05, 0) is 6.42 Å². The Morgan fingerprint density at radius 3 is 2.90 bits per heavy atom. The zero-order valence-electron chi connectivity index (χ0n) is 10.4. The van der Waals surface area contributed by atoms with Gasteiger partial charge in [-0.1, -0.05) is 12.2 Å². The number of nitrogen functional groups attached to an aromatic ring is 1. The Morgan fingerprint density at radius 2 is 2.20 bits per heavy atom. The number of nitrogens with zero attached hydrogens (tertiary/aromatic N) is 3. The normalized spacial score (nSPS) is 12.5. The van der Waals surface area contributed by atoms with Crippen molar-refractivity contribution in [2.24, 2.45) is 0 Å². The molecule has 0 spiro atoms. The highest BCUT2D eigenvalue weighted by Gasteiger charge is 2.10. The van der Waals surface area contributed by atoms with Crippen LogP contribution >= 0.6 is 7.60 Å². The second kappa shape index (κ2) is 5.58. The van der Waals surface area contributed by atoms with Crippen molar-refractivity contribution in [3.63, 3.8) is 0 Å². The molecular weight excluding hydrogens is 285 g/mol. The van der Waals surface area contributed by atoms with Crippen LogP contribution < -0.4 is 11.3 Å². The quantitative estimate of drug-likeness (QED) is 0.442. The van der Waals surface area contributed by atoms with Crippen LogP contribution in [0.5, 0.6) is 0 Å². The van der Waals surface area contributed by atoms with Crippen LogP contribution in [0.1, 0.15) is 6.42 Å². The molecule has 2 aromatic heterocycles. The summed E-state index contributed by atoms with van der Waals surface area (Å²) in [6, 6.07) is 0. The Kier molecular flexibility index (Phi) is 4.03. The van der Waals surface area contributed by atoms with Crippen LogP contribution in [0.25, 0.3) is 11.2 Å². The molecule has 0 saturated heterocycles. The van der Waals surface area contributed by atoms with Gasteiger partial charge in [-0.2, -0.15) is 4.98 Å². The third-order valence-corrected chi connectivity index (χ3v) is 3.39. The molecule has 10 heteroatoms. The van der Waals surface area contributed by atoms with Gasteiger partial charge in [0.25, 0.3) is 5.56 Å². The van der Waals surface area contributed by atoms with Crippen LogP contribution in [0.3, 0.4) is 0 Å². The molecule has 0 bridgehead atoms. The van der Waals surface area contributed by atoms with Crippen molar-refractivity contribution < 1.29 is 14.4 Å². The van der Waals surface area contributed by atoms with E-state index in [-0.39, 0.29) is 24.0 Å². The summed E-state index contributed by atoms with van der Waals surface area (Å²) in [6.45, 7) is 0.382. The average molecular weight is 299 g/mol. The number of allylic oxidation sites excluding steroid dienone is 2. The lowest BCUT2D eigenvalue weighted by Gasteiger charge is -2.00. The van der Waals surface area contributed by atoms with E-state index in [4.69, 9.17) is 15.5 Å². The first-order valence-corrected chi connectivity index (χ1v) is 7.57. The van der Waals surface area contributed by atoms with Crippen LogP contribution in [0.4, 0.5) is 5.95 Å². The second-order valence-corrected chi connectivity index (χ2v) is 5.95. The Hall–Kier alpha value is -1.96. The molecule has 2 heterocycles. The summed E-state index contributed by atoms with van der Waals surface area (Å²) in [5.41, 5.74) is 5.62. The van der Waals surface area contributed by atoms with Crippen LogP contribution in [-0.2, 0) is 11.1 Å². The van der Waals surface area contributed by atoms with Gasteiger partial charge in [-0.15, -0.1) is 0 Å². The maximum absolute atomic E-state index is 11.5. The fraction of sp³-hybridized carbons (Fsp3) is 0.300. The van der Waals surface area contributed by atoms with Crippen molar-refractivity contribution in [2.45, 2.75) is 13.0 Å². The largest absolute Gasteiger partial charge is 0.369 e. The van der Waals surface area contributed by atoms with E-state index < -0.39 is 13.2 Å². The molecule has 0 saturated carbocycles. The molecule has 0 amide bonds. The monoisotopic (exact) mass is 299 g/mol. The molecule has 0 fully saturated rings. The minimum absolute atomic E-state index is 0.00901. The predicted octanol–water partition coefficient (Wildman–Crippen LogP) is -0.174. The fourth-order valence-corrected chi connectivity index (χ4v) is 2.14. The van der Waals surface area contributed by atoms with Gasteiger partial charge in [0.2, 0.25) is 5.95 Å². The summed E-state index contributed by atoms with van der Waals surface area (Å²) < 4.78 is 12.3. The number of aromatic nitrogens is 4. The van der Waals surface area contributed by atoms with Crippen molar-refractivity contribution in [1.29, 1.82) is 0 Å².